The van der Waals surface area contributed by atoms with Gasteiger partial charge in [-0.05, 0) is 51.9 Å². The number of hydrogen-bond acceptors (Lipinski definition) is 3. The number of likely N-dealkylation sites (tertiary alicyclic amines) is 1. The van der Waals surface area contributed by atoms with Gasteiger partial charge in [-0.3, -0.25) is 0 Å². The summed E-state index contributed by atoms with van der Waals surface area (Å²) in [5.74, 6) is 0.801. The minimum Gasteiger partial charge on any atom is -0.380 e. The molecule has 0 bridgehead atoms. The van der Waals surface area contributed by atoms with Crippen LogP contribution in [0.3, 0.4) is 0 Å². The van der Waals surface area contributed by atoms with Crippen molar-refractivity contribution in [3.05, 3.63) is 0 Å². The van der Waals surface area contributed by atoms with Crippen LogP contribution in [0.15, 0.2) is 0 Å². The van der Waals surface area contributed by atoms with Crippen molar-refractivity contribution in [2.24, 2.45) is 5.92 Å². The molecule has 1 saturated heterocycles. The van der Waals surface area contributed by atoms with Crippen LogP contribution in [0.1, 0.15) is 32.6 Å². The fourth-order valence-corrected chi connectivity index (χ4v) is 2.18. The highest BCUT2D eigenvalue weighted by atomic mass is 16.5. The molecule has 1 heterocycles. The van der Waals surface area contributed by atoms with Crippen molar-refractivity contribution in [2.45, 2.75) is 32.6 Å². The molecule has 1 N–H and O–H groups in total. The Morgan fingerprint density at radius 2 is 2.06 bits per heavy atom. The second kappa shape index (κ2) is 8.97. The largest absolute Gasteiger partial charge is 0.380 e. The monoisotopic (exact) mass is 228 g/mol. The molecule has 0 aromatic heterocycles. The molecule has 3 heteroatoms. The highest BCUT2D eigenvalue weighted by molar-refractivity contribution is 4.71. The first-order valence-electron chi connectivity index (χ1n) is 6.81. The van der Waals surface area contributed by atoms with Crippen LogP contribution in [-0.2, 0) is 4.74 Å². The van der Waals surface area contributed by atoms with Crippen LogP contribution in [0.25, 0.3) is 0 Å². The number of hydrogen-bond donors (Lipinski definition) is 1. The first-order chi connectivity index (χ1) is 7.86. The van der Waals surface area contributed by atoms with Crippen LogP contribution in [0.4, 0.5) is 0 Å². The van der Waals surface area contributed by atoms with E-state index in [1.165, 1.54) is 45.3 Å². The summed E-state index contributed by atoms with van der Waals surface area (Å²) in [5, 5.41) is 3.10. The SMILES string of the molecule is CCCCN1CCC(COCCNC)CC1. The number of piperidine rings is 1. The number of rotatable bonds is 8. The molecule has 0 atom stereocenters. The van der Waals surface area contributed by atoms with Gasteiger partial charge < -0.3 is 15.0 Å². The van der Waals surface area contributed by atoms with E-state index < -0.39 is 0 Å². The fourth-order valence-electron chi connectivity index (χ4n) is 2.18. The molecule has 0 aromatic carbocycles. The van der Waals surface area contributed by atoms with Gasteiger partial charge in [0.05, 0.1) is 6.61 Å². The second-order valence-corrected chi connectivity index (χ2v) is 4.82. The number of nitrogens with zero attached hydrogens (tertiary/aromatic N) is 1. The summed E-state index contributed by atoms with van der Waals surface area (Å²) in [6.07, 6.45) is 5.31. The van der Waals surface area contributed by atoms with Gasteiger partial charge in [0.15, 0.2) is 0 Å². The smallest absolute Gasteiger partial charge is 0.0590 e. The Hall–Kier alpha value is -0.120. The van der Waals surface area contributed by atoms with Crippen molar-refractivity contribution in [1.82, 2.24) is 10.2 Å². The molecule has 1 rings (SSSR count). The summed E-state index contributed by atoms with van der Waals surface area (Å²) in [5.41, 5.74) is 0. The van der Waals surface area contributed by atoms with Crippen molar-refractivity contribution in [3.63, 3.8) is 0 Å². The van der Waals surface area contributed by atoms with E-state index in [1.807, 2.05) is 7.05 Å². The second-order valence-electron chi connectivity index (χ2n) is 4.82. The Morgan fingerprint density at radius 1 is 1.31 bits per heavy atom. The summed E-state index contributed by atoms with van der Waals surface area (Å²) in [6, 6.07) is 0. The highest BCUT2D eigenvalue weighted by Crippen LogP contribution is 2.17. The van der Waals surface area contributed by atoms with E-state index in [2.05, 4.69) is 17.1 Å². The summed E-state index contributed by atoms with van der Waals surface area (Å²) in [7, 11) is 1.97. The lowest BCUT2D eigenvalue weighted by Gasteiger charge is -2.31. The van der Waals surface area contributed by atoms with Gasteiger partial charge in [0.1, 0.15) is 0 Å². The maximum Gasteiger partial charge on any atom is 0.0590 e. The van der Waals surface area contributed by atoms with Crippen LogP contribution >= 0.6 is 0 Å². The van der Waals surface area contributed by atoms with E-state index in [9.17, 15) is 0 Å². The molecule has 1 fully saturated rings. The van der Waals surface area contributed by atoms with Crippen molar-refractivity contribution in [1.29, 1.82) is 0 Å². The third-order valence-corrected chi connectivity index (χ3v) is 3.38. The molecule has 0 spiro atoms. The van der Waals surface area contributed by atoms with Gasteiger partial charge in [-0.15, -0.1) is 0 Å². The summed E-state index contributed by atoms with van der Waals surface area (Å²) in [4.78, 5) is 2.60. The first-order valence-corrected chi connectivity index (χ1v) is 6.81. The van der Waals surface area contributed by atoms with Gasteiger partial charge in [0.25, 0.3) is 0 Å². The Kier molecular flexibility index (Phi) is 7.81. The van der Waals surface area contributed by atoms with E-state index in [0.717, 1.165) is 25.7 Å². The molecule has 0 saturated carbocycles. The molecule has 96 valence electrons. The van der Waals surface area contributed by atoms with Crippen LogP contribution in [-0.4, -0.2) is 51.3 Å². The Balaban J connectivity index is 1.98. The van der Waals surface area contributed by atoms with Gasteiger partial charge in [0, 0.05) is 13.2 Å². The van der Waals surface area contributed by atoms with E-state index in [0.29, 0.717) is 0 Å². The lowest BCUT2D eigenvalue weighted by Crippen LogP contribution is -2.35. The van der Waals surface area contributed by atoms with Crippen LogP contribution in [0.5, 0.6) is 0 Å². The normalized spacial score (nSPS) is 19.1. The minimum absolute atomic E-state index is 0.801. The number of unbranched alkanes of at least 4 members (excludes halogenated alkanes) is 1. The molecule has 1 aliphatic rings. The lowest BCUT2D eigenvalue weighted by molar-refractivity contribution is 0.0687. The van der Waals surface area contributed by atoms with Crippen LogP contribution < -0.4 is 5.32 Å². The molecule has 3 nitrogen and oxygen atoms in total. The topological polar surface area (TPSA) is 24.5 Å². The van der Waals surface area contributed by atoms with Crippen molar-refractivity contribution >= 4 is 0 Å². The molecule has 1 aliphatic heterocycles. The van der Waals surface area contributed by atoms with Gasteiger partial charge in [-0.25, -0.2) is 0 Å². The standard InChI is InChI=1S/C13H28N2O/c1-3-4-8-15-9-5-13(6-10-15)12-16-11-7-14-2/h13-14H,3-12H2,1-2H3. The molecular weight excluding hydrogens is 200 g/mol. The predicted octanol–water partition coefficient (Wildman–Crippen LogP) is 1.73. The Labute approximate surface area is 101 Å². The average Bonchev–Trinajstić information content (AvgIpc) is 2.33. The maximum absolute atomic E-state index is 5.65. The fraction of sp³-hybridized carbons (Fsp3) is 1.00. The van der Waals surface area contributed by atoms with Gasteiger partial charge in [-0.1, -0.05) is 13.3 Å². The van der Waals surface area contributed by atoms with Crippen molar-refractivity contribution in [3.8, 4) is 0 Å². The quantitative estimate of drug-likeness (QED) is 0.640. The van der Waals surface area contributed by atoms with E-state index in [4.69, 9.17) is 4.74 Å². The van der Waals surface area contributed by atoms with Gasteiger partial charge in [-0.2, -0.15) is 0 Å². The van der Waals surface area contributed by atoms with Crippen molar-refractivity contribution in [2.75, 3.05) is 46.4 Å². The third kappa shape index (κ3) is 5.83. The summed E-state index contributed by atoms with van der Waals surface area (Å²) >= 11 is 0. The van der Waals surface area contributed by atoms with E-state index >= 15 is 0 Å². The number of nitrogens with one attached hydrogen (secondary N) is 1. The maximum atomic E-state index is 5.65. The molecule has 0 aliphatic carbocycles. The lowest BCUT2D eigenvalue weighted by atomic mass is 9.97. The summed E-state index contributed by atoms with van der Waals surface area (Å²) in [6.45, 7) is 8.90. The number of ether oxygens (including phenoxy) is 1. The van der Waals surface area contributed by atoms with Gasteiger partial charge >= 0.3 is 0 Å². The number of likely N-dealkylation sites (N-methyl/N-ethyl adjacent to an activating group) is 1. The Bertz CT molecular complexity index is 156. The zero-order chi connectivity index (χ0) is 11.6. The van der Waals surface area contributed by atoms with Crippen LogP contribution in [0, 0.1) is 5.92 Å². The molecule has 0 unspecified atom stereocenters. The first kappa shape index (κ1) is 13.9. The molecule has 16 heavy (non-hydrogen) atoms. The Morgan fingerprint density at radius 3 is 2.69 bits per heavy atom. The molecule has 0 radical (unpaired) electrons. The molecule has 0 aromatic rings. The molecule has 0 amide bonds. The predicted molar refractivity (Wildman–Crippen MR) is 68.8 cm³/mol. The average molecular weight is 228 g/mol. The van der Waals surface area contributed by atoms with E-state index in [1.54, 1.807) is 0 Å². The van der Waals surface area contributed by atoms with Gasteiger partial charge in [0.2, 0.25) is 0 Å². The molecular formula is C13H28N2O. The zero-order valence-electron chi connectivity index (χ0n) is 11.0. The summed E-state index contributed by atoms with van der Waals surface area (Å²) < 4.78 is 5.65. The zero-order valence-corrected chi connectivity index (χ0v) is 11.0. The van der Waals surface area contributed by atoms with E-state index in [-0.39, 0.29) is 0 Å². The van der Waals surface area contributed by atoms with Crippen LogP contribution in [0.2, 0.25) is 0 Å². The highest BCUT2D eigenvalue weighted by Gasteiger charge is 2.18. The van der Waals surface area contributed by atoms with Crippen molar-refractivity contribution < 1.29 is 4.74 Å². The third-order valence-electron chi connectivity index (χ3n) is 3.38. The minimum atomic E-state index is 0.801.